The van der Waals surface area contributed by atoms with Gasteiger partial charge in [0.15, 0.2) is 6.23 Å². The Hall–Kier alpha value is -2.98. The van der Waals surface area contributed by atoms with Crippen LogP contribution in [0.2, 0.25) is 0 Å². The van der Waals surface area contributed by atoms with Crippen molar-refractivity contribution in [3.63, 3.8) is 0 Å². The number of hydrogen-bond acceptors (Lipinski definition) is 11. The zero-order valence-electron chi connectivity index (χ0n) is 19.2. The number of ether oxygens (including phenoxy) is 2. The van der Waals surface area contributed by atoms with Crippen LogP contribution in [0.25, 0.3) is 0 Å². The summed E-state index contributed by atoms with van der Waals surface area (Å²) in [6, 6.07) is 8.74. The van der Waals surface area contributed by atoms with Crippen molar-refractivity contribution < 1.29 is 43.2 Å². The molecule has 3 rings (SSSR count). The van der Waals surface area contributed by atoms with Crippen molar-refractivity contribution in [2.75, 3.05) is 13.7 Å². The standard InChI is InChI=1S/C21H27N4O9P/c1-12(2)16(21(29)31-3)24-35(30,34-13-7-5-4-6-8-13)32-10-15-17(26)18(27)20(33-15)25-11-23-14(9-22)19(25)28/h4-8,11-12,15-18,20,26-28H,10H2,1-3H3,(H,24,30)/t15-,16+,17?,18-,20-,35?/m1/s1. The number of nitrogens with zero attached hydrogens (tertiary/aromatic N) is 3. The molecular weight excluding hydrogens is 483 g/mol. The number of imidazole rings is 1. The molecule has 1 fully saturated rings. The maximum absolute atomic E-state index is 13.7. The van der Waals surface area contributed by atoms with Gasteiger partial charge in [-0.05, 0) is 18.1 Å². The van der Waals surface area contributed by atoms with Crippen LogP contribution in [0.15, 0.2) is 36.7 Å². The molecule has 1 aliphatic heterocycles. The minimum Gasteiger partial charge on any atom is -0.492 e. The predicted octanol–water partition coefficient (Wildman–Crippen LogP) is 1.07. The van der Waals surface area contributed by atoms with Gasteiger partial charge in [0, 0.05) is 0 Å². The molecule has 35 heavy (non-hydrogen) atoms. The van der Waals surface area contributed by atoms with Gasteiger partial charge in [0.1, 0.15) is 42.5 Å². The highest BCUT2D eigenvalue weighted by atomic mass is 31.2. The zero-order chi connectivity index (χ0) is 25.8. The maximum atomic E-state index is 13.7. The number of aromatic nitrogens is 2. The molecule has 13 nitrogen and oxygen atoms in total. The van der Waals surface area contributed by atoms with Crippen molar-refractivity contribution in [3.05, 3.63) is 42.4 Å². The molecule has 0 saturated carbocycles. The lowest BCUT2D eigenvalue weighted by molar-refractivity contribution is -0.143. The highest BCUT2D eigenvalue weighted by Gasteiger charge is 2.46. The number of carbonyl (C=O) groups is 1. The molecule has 190 valence electrons. The van der Waals surface area contributed by atoms with Crippen molar-refractivity contribution in [3.8, 4) is 17.7 Å². The summed E-state index contributed by atoms with van der Waals surface area (Å²) >= 11 is 0. The Morgan fingerprint density at radius 1 is 1.31 bits per heavy atom. The van der Waals surface area contributed by atoms with E-state index in [1.807, 2.05) is 0 Å². The van der Waals surface area contributed by atoms with Gasteiger partial charge in [0.05, 0.1) is 13.7 Å². The van der Waals surface area contributed by atoms with E-state index in [-0.39, 0.29) is 17.4 Å². The third kappa shape index (κ3) is 5.99. The van der Waals surface area contributed by atoms with Crippen LogP contribution in [0, 0.1) is 17.2 Å². The molecule has 6 atom stereocenters. The number of benzene rings is 1. The number of nitrogens with one attached hydrogen (secondary N) is 1. The second-order valence-corrected chi connectivity index (χ2v) is 9.75. The van der Waals surface area contributed by atoms with Gasteiger partial charge in [0.25, 0.3) is 0 Å². The Kier molecular flexibility index (Phi) is 8.50. The molecule has 0 aliphatic carbocycles. The molecule has 0 amide bonds. The van der Waals surface area contributed by atoms with E-state index in [9.17, 15) is 24.7 Å². The average molecular weight is 510 g/mol. The number of aliphatic hydroxyl groups excluding tert-OH is 2. The molecule has 0 bridgehead atoms. The van der Waals surface area contributed by atoms with Crippen LogP contribution in [-0.2, 0) is 23.4 Å². The second kappa shape index (κ2) is 11.2. The number of esters is 1. The summed E-state index contributed by atoms with van der Waals surface area (Å²) in [4.78, 5) is 15.9. The molecule has 1 saturated heterocycles. The van der Waals surface area contributed by atoms with E-state index in [4.69, 9.17) is 23.8 Å². The molecule has 14 heteroatoms. The third-order valence-electron chi connectivity index (χ3n) is 5.28. The highest BCUT2D eigenvalue weighted by Crippen LogP contribution is 2.46. The Balaban J connectivity index is 1.79. The summed E-state index contributed by atoms with van der Waals surface area (Å²) in [7, 11) is -3.06. The lowest BCUT2D eigenvalue weighted by Crippen LogP contribution is -2.42. The lowest BCUT2D eigenvalue weighted by atomic mass is 10.1. The molecule has 0 radical (unpaired) electrons. The normalized spacial score (nSPS) is 24.5. The zero-order valence-corrected chi connectivity index (χ0v) is 20.1. The Morgan fingerprint density at radius 2 is 2.00 bits per heavy atom. The smallest absolute Gasteiger partial charge is 0.459 e. The van der Waals surface area contributed by atoms with Crippen LogP contribution >= 0.6 is 7.75 Å². The van der Waals surface area contributed by atoms with E-state index in [0.717, 1.165) is 10.9 Å². The number of nitriles is 1. The first-order valence-electron chi connectivity index (χ1n) is 10.6. The van der Waals surface area contributed by atoms with E-state index in [1.54, 1.807) is 38.1 Å². The molecule has 2 aromatic rings. The number of carbonyl (C=O) groups excluding carboxylic acids is 1. The summed E-state index contributed by atoms with van der Waals surface area (Å²) in [6.45, 7) is 2.89. The SMILES string of the molecule is COC(=O)[C@@H](NP(=O)(OC[C@H]1O[C@@H](n2cnc(C#N)c2O)[C@H](O)C1O)Oc1ccccc1)C(C)C. The van der Waals surface area contributed by atoms with Crippen molar-refractivity contribution in [1.82, 2.24) is 14.6 Å². The van der Waals surface area contributed by atoms with Crippen molar-refractivity contribution in [2.45, 2.75) is 44.4 Å². The summed E-state index contributed by atoms with van der Waals surface area (Å²) < 4.78 is 36.1. The number of aromatic hydroxyl groups is 1. The topological polar surface area (TPSA) is 185 Å². The first-order valence-corrected chi connectivity index (χ1v) is 12.2. The Labute approximate surface area is 201 Å². The fourth-order valence-corrected chi connectivity index (χ4v) is 5.04. The summed E-state index contributed by atoms with van der Waals surface area (Å²) in [5, 5.41) is 42.5. The minimum atomic E-state index is -4.25. The van der Waals surface area contributed by atoms with Crippen LogP contribution in [0.4, 0.5) is 0 Å². The predicted molar refractivity (Wildman–Crippen MR) is 119 cm³/mol. The number of rotatable bonds is 10. The van der Waals surface area contributed by atoms with Crippen LogP contribution in [0.5, 0.6) is 11.6 Å². The van der Waals surface area contributed by atoms with Crippen LogP contribution in [0.1, 0.15) is 25.8 Å². The van der Waals surface area contributed by atoms with Crippen molar-refractivity contribution in [2.24, 2.45) is 5.92 Å². The van der Waals surface area contributed by atoms with Crippen LogP contribution in [-0.4, -0.2) is 68.9 Å². The van der Waals surface area contributed by atoms with Crippen molar-refractivity contribution in [1.29, 1.82) is 5.26 Å². The van der Waals surface area contributed by atoms with Crippen LogP contribution < -0.4 is 9.61 Å². The van der Waals surface area contributed by atoms with E-state index < -0.39 is 56.8 Å². The second-order valence-electron chi connectivity index (χ2n) is 8.05. The van der Waals surface area contributed by atoms with E-state index in [0.29, 0.717) is 0 Å². The minimum absolute atomic E-state index is 0.189. The van der Waals surface area contributed by atoms with E-state index in [2.05, 4.69) is 10.1 Å². The lowest BCUT2D eigenvalue weighted by Gasteiger charge is -2.27. The van der Waals surface area contributed by atoms with Gasteiger partial charge in [-0.1, -0.05) is 32.0 Å². The third-order valence-corrected chi connectivity index (χ3v) is 6.82. The van der Waals surface area contributed by atoms with Gasteiger partial charge in [-0.2, -0.15) is 10.3 Å². The molecule has 1 aromatic carbocycles. The van der Waals surface area contributed by atoms with E-state index >= 15 is 0 Å². The Bertz CT molecular complexity index is 1100. The van der Waals surface area contributed by atoms with E-state index in [1.165, 1.54) is 19.2 Å². The van der Waals surface area contributed by atoms with Crippen LogP contribution in [0.3, 0.4) is 0 Å². The molecule has 4 N–H and O–H groups in total. The number of para-hydroxylation sites is 1. The average Bonchev–Trinajstić information content (AvgIpc) is 3.34. The van der Waals surface area contributed by atoms with Crippen molar-refractivity contribution >= 4 is 13.7 Å². The van der Waals surface area contributed by atoms with Gasteiger partial charge in [0.2, 0.25) is 11.6 Å². The molecule has 1 aliphatic rings. The molecule has 2 unspecified atom stereocenters. The van der Waals surface area contributed by atoms with Gasteiger partial charge in [-0.25, -0.2) is 9.55 Å². The molecule has 1 aromatic heterocycles. The quantitative estimate of drug-likeness (QED) is 0.264. The molecular formula is C21H27N4O9P. The number of aliphatic hydroxyl groups is 2. The monoisotopic (exact) mass is 510 g/mol. The summed E-state index contributed by atoms with van der Waals surface area (Å²) in [5.41, 5.74) is -0.289. The largest absolute Gasteiger partial charge is 0.492 e. The molecule has 2 heterocycles. The summed E-state index contributed by atoms with van der Waals surface area (Å²) in [6.07, 6.45) is -4.48. The fourth-order valence-electron chi connectivity index (χ4n) is 3.37. The van der Waals surface area contributed by atoms with Gasteiger partial charge >= 0.3 is 13.7 Å². The number of methoxy groups -OCH3 is 1. The Morgan fingerprint density at radius 3 is 2.57 bits per heavy atom. The van der Waals surface area contributed by atoms with Gasteiger partial charge in [-0.3, -0.25) is 13.9 Å². The highest BCUT2D eigenvalue weighted by molar-refractivity contribution is 7.52. The fraction of sp³-hybridized carbons (Fsp3) is 0.476. The maximum Gasteiger partial charge on any atom is 0.459 e. The molecule has 0 spiro atoms. The first kappa shape index (κ1) is 26.6. The van der Waals surface area contributed by atoms with Gasteiger partial charge < -0.3 is 29.3 Å². The van der Waals surface area contributed by atoms with Gasteiger partial charge in [-0.15, -0.1) is 0 Å². The first-order chi connectivity index (χ1) is 16.6. The number of hydrogen-bond donors (Lipinski definition) is 4. The summed E-state index contributed by atoms with van der Waals surface area (Å²) in [5.74, 6) is -1.40.